The first-order valence-electron chi connectivity index (χ1n) is 5.83. The summed E-state index contributed by atoms with van der Waals surface area (Å²) >= 11 is 3.22. The maximum atomic E-state index is 13.5. The lowest BCUT2D eigenvalue weighted by Crippen LogP contribution is -2.16. The number of halogens is 3. The third kappa shape index (κ3) is 3.39. The van der Waals surface area contributed by atoms with Crippen LogP contribution in [0.5, 0.6) is 0 Å². The normalized spacial score (nSPS) is 10.4. The topological polar surface area (TPSA) is 42.0 Å². The van der Waals surface area contributed by atoms with Gasteiger partial charge in [0.1, 0.15) is 4.60 Å². The van der Waals surface area contributed by atoms with E-state index in [2.05, 4.69) is 26.2 Å². The summed E-state index contributed by atoms with van der Waals surface area (Å²) < 4.78 is 27.2. The van der Waals surface area contributed by atoms with E-state index in [-0.39, 0.29) is 12.0 Å². The predicted octanol–water partition coefficient (Wildman–Crippen LogP) is 3.61. The number of pyridine rings is 1. The van der Waals surface area contributed by atoms with Crippen LogP contribution in [0.2, 0.25) is 0 Å². The molecule has 0 bridgehead atoms. The Morgan fingerprint density at radius 2 is 2.05 bits per heavy atom. The van der Waals surface area contributed by atoms with Crippen LogP contribution < -0.4 is 5.32 Å². The number of benzene rings is 1. The van der Waals surface area contributed by atoms with Gasteiger partial charge in [0, 0.05) is 5.56 Å². The van der Waals surface area contributed by atoms with Crippen molar-refractivity contribution in [2.45, 2.75) is 13.3 Å². The Hall–Kier alpha value is -1.82. The summed E-state index contributed by atoms with van der Waals surface area (Å²) in [5, 5.41) is 2.62. The quantitative estimate of drug-likeness (QED) is 0.867. The molecule has 20 heavy (non-hydrogen) atoms. The maximum Gasteiger partial charge on any atom is 0.228 e. The highest BCUT2D eigenvalue weighted by molar-refractivity contribution is 9.10. The minimum absolute atomic E-state index is 0.0187. The Bertz CT molecular complexity index is 662. The van der Waals surface area contributed by atoms with Crippen LogP contribution in [0.3, 0.4) is 0 Å². The second kappa shape index (κ2) is 6.09. The molecule has 1 aromatic carbocycles. The minimum atomic E-state index is -0.992. The monoisotopic (exact) mass is 340 g/mol. The van der Waals surface area contributed by atoms with E-state index in [0.29, 0.717) is 16.0 Å². The fourth-order valence-corrected chi connectivity index (χ4v) is 2.11. The summed E-state index contributed by atoms with van der Waals surface area (Å²) in [5.41, 5.74) is 1.19. The van der Waals surface area contributed by atoms with E-state index in [9.17, 15) is 13.6 Å². The van der Waals surface area contributed by atoms with Gasteiger partial charge < -0.3 is 5.32 Å². The molecule has 1 N–H and O–H groups in total. The van der Waals surface area contributed by atoms with Gasteiger partial charge in [0.15, 0.2) is 11.6 Å². The first-order chi connectivity index (χ1) is 9.47. The molecular formula is C14H11BrF2N2O. The molecule has 2 aromatic rings. The highest BCUT2D eigenvalue weighted by Gasteiger charge is 2.12. The summed E-state index contributed by atoms with van der Waals surface area (Å²) in [7, 11) is 0. The maximum absolute atomic E-state index is 13.5. The summed E-state index contributed by atoms with van der Waals surface area (Å²) in [6.45, 7) is 1.74. The third-order valence-corrected chi connectivity index (χ3v) is 3.15. The Kier molecular flexibility index (Phi) is 4.44. The van der Waals surface area contributed by atoms with Crippen molar-refractivity contribution in [3.63, 3.8) is 0 Å². The molecule has 0 aliphatic rings. The number of nitrogens with zero attached hydrogens (tertiary/aromatic N) is 1. The zero-order chi connectivity index (χ0) is 14.7. The molecule has 1 amide bonds. The molecular weight excluding hydrogens is 330 g/mol. The molecule has 3 nitrogen and oxygen atoms in total. The predicted molar refractivity (Wildman–Crippen MR) is 75.4 cm³/mol. The van der Waals surface area contributed by atoms with Crippen LogP contribution in [0.15, 0.2) is 34.9 Å². The molecule has 0 aliphatic carbocycles. The summed E-state index contributed by atoms with van der Waals surface area (Å²) in [4.78, 5) is 16.0. The van der Waals surface area contributed by atoms with Crippen LogP contribution in [0.25, 0.3) is 0 Å². The summed E-state index contributed by atoms with van der Waals surface area (Å²) in [6, 6.07) is 7.13. The van der Waals surface area contributed by atoms with Crippen molar-refractivity contribution in [2.24, 2.45) is 0 Å². The highest BCUT2D eigenvalue weighted by Crippen LogP contribution is 2.17. The standard InChI is InChI=1S/C14H11BrF2N2O/c1-8-11(5-6-12(15)18-8)19-13(20)7-9-3-2-4-10(16)14(9)17/h2-6H,7H2,1H3,(H,19,20). The Balaban J connectivity index is 2.11. The van der Waals surface area contributed by atoms with Gasteiger partial charge in [0.05, 0.1) is 17.8 Å². The molecule has 0 saturated heterocycles. The molecule has 0 atom stereocenters. The largest absolute Gasteiger partial charge is 0.324 e. The molecule has 0 unspecified atom stereocenters. The highest BCUT2D eigenvalue weighted by atomic mass is 79.9. The van der Waals surface area contributed by atoms with Crippen LogP contribution in [0, 0.1) is 18.6 Å². The van der Waals surface area contributed by atoms with Crippen LogP contribution in [-0.2, 0) is 11.2 Å². The summed E-state index contributed by atoms with van der Waals surface area (Å²) in [6.07, 6.45) is -0.237. The van der Waals surface area contributed by atoms with Gasteiger partial charge in [-0.15, -0.1) is 0 Å². The van der Waals surface area contributed by atoms with Crippen molar-refractivity contribution in [2.75, 3.05) is 5.32 Å². The second-order valence-electron chi connectivity index (χ2n) is 4.20. The zero-order valence-electron chi connectivity index (χ0n) is 10.6. The second-order valence-corrected chi connectivity index (χ2v) is 5.02. The Labute approximate surface area is 123 Å². The SMILES string of the molecule is Cc1nc(Br)ccc1NC(=O)Cc1cccc(F)c1F. The van der Waals surface area contributed by atoms with E-state index < -0.39 is 17.5 Å². The van der Waals surface area contributed by atoms with Gasteiger partial charge in [-0.2, -0.15) is 0 Å². The first kappa shape index (κ1) is 14.6. The lowest BCUT2D eigenvalue weighted by molar-refractivity contribution is -0.115. The molecule has 1 heterocycles. The lowest BCUT2D eigenvalue weighted by Gasteiger charge is -2.08. The zero-order valence-corrected chi connectivity index (χ0v) is 12.2. The Morgan fingerprint density at radius 3 is 2.75 bits per heavy atom. The lowest BCUT2D eigenvalue weighted by atomic mass is 10.1. The number of amides is 1. The van der Waals surface area contributed by atoms with E-state index in [1.165, 1.54) is 12.1 Å². The molecule has 0 saturated carbocycles. The van der Waals surface area contributed by atoms with Gasteiger partial charge in [-0.25, -0.2) is 13.8 Å². The van der Waals surface area contributed by atoms with Crippen molar-refractivity contribution in [3.05, 3.63) is 57.8 Å². The van der Waals surface area contributed by atoms with Crippen molar-refractivity contribution >= 4 is 27.5 Å². The number of hydrogen-bond acceptors (Lipinski definition) is 2. The van der Waals surface area contributed by atoms with Crippen LogP contribution in [0.1, 0.15) is 11.3 Å². The number of anilines is 1. The van der Waals surface area contributed by atoms with Gasteiger partial charge in [0.25, 0.3) is 0 Å². The van der Waals surface area contributed by atoms with Crippen LogP contribution >= 0.6 is 15.9 Å². The fourth-order valence-electron chi connectivity index (χ4n) is 1.71. The van der Waals surface area contributed by atoms with Crippen LogP contribution in [-0.4, -0.2) is 10.9 Å². The van der Waals surface area contributed by atoms with E-state index in [1.54, 1.807) is 19.1 Å². The molecule has 2 rings (SSSR count). The van der Waals surface area contributed by atoms with Crippen LogP contribution in [0.4, 0.5) is 14.5 Å². The number of carbonyl (C=O) groups excluding carboxylic acids is 1. The van der Waals surface area contributed by atoms with E-state index in [0.717, 1.165) is 6.07 Å². The molecule has 104 valence electrons. The fraction of sp³-hybridized carbons (Fsp3) is 0.143. The molecule has 0 fully saturated rings. The van der Waals surface area contributed by atoms with Gasteiger partial charge in [-0.1, -0.05) is 12.1 Å². The van der Waals surface area contributed by atoms with Gasteiger partial charge in [-0.05, 0) is 41.1 Å². The molecule has 6 heteroatoms. The number of aryl methyl sites for hydroxylation is 1. The van der Waals surface area contributed by atoms with Gasteiger partial charge in [0.2, 0.25) is 5.91 Å². The molecule has 0 spiro atoms. The van der Waals surface area contributed by atoms with Crippen molar-refractivity contribution in [3.8, 4) is 0 Å². The van der Waals surface area contributed by atoms with Crippen molar-refractivity contribution < 1.29 is 13.6 Å². The summed E-state index contributed by atoms with van der Waals surface area (Å²) in [5.74, 6) is -2.38. The minimum Gasteiger partial charge on any atom is -0.324 e. The first-order valence-corrected chi connectivity index (χ1v) is 6.62. The average molecular weight is 341 g/mol. The van der Waals surface area contributed by atoms with E-state index in [4.69, 9.17) is 0 Å². The number of carbonyl (C=O) groups is 1. The van der Waals surface area contributed by atoms with Gasteiger partial charge in [-0.3, -0.25) is 4.79 Å². The number of nitrogens with one attached hydrogen (secondary N) is 1. The number of aromatic nitrogens is 1. The average Bonchev–Trinajstić information content (AvgIpc) is 2.38. The molecule has 0 aliphatic heterocycles. The third-order valence-electron chi connectivity index (χ3n) is 2.71. The Morgan fingerprint density at radius 1 is 1.30 bits per heavy atom. The number of rotatable bonds is 3. The van der Waals surface area contributed by atoms with Crippen molar-refractivity contribution in [1.82, 2.24) is 4.98 Å². The number of hydrogen-bond donors (Lipinski definition) is 1. The smallest absolute Gasteiger partial charge is 0.228 e. The van der Waals surface area contributed by atoms with E-state index in [1.807, 2.05) is 0 Å². The van der Waals surface area contributed by atoms with E-state index >= 15 is 0 Å². The van der Waals surface area contributed by atoms with Gasteiger partial charge >= 0.3 is 0 Å². The molecule has 1 aromatic heterocycles. The molecule has 0 radical (unpaired) electrons. The van der Waals surface area contributed by atoms with Crippen molar-refractivity contribution in [1.29, 1.82) is 0 Å².